The number of nitrogens with zero attached hydrogens (tertiary/aromatic N) is 2. The number of rotatable bonds is 4. The molecule has 1 saturated heterocycles. The topological polar surface area (TPSA) is 90.9 Å². The van der Waals surface area contributed by atoms with Gasteiger partial charge in [-0.25, -0.2) is 9.82 Å². The molecule has 136 valence electrons. The standard InChI is InChI=1S/C18H13FN4O3S/c19-12-6-4-5-11(9-12)15(24)22-20-10-14-16(25)21-18(27)23(17(14)26)13-7-2-1-3-8-13/h1-10,14H,(H,22,24)(H,21,25,27)/b20-10-/t14-/m0/s1. The van der Waals surface area contributed by atoms with Crippen LogP contribution in [0.4, 0.5) is 10.1 Å². The molecule has 1 fully saturated rings. The van der Waals surface area contributed by atoms with Crippen molar-refractivity contribution in [3.63, 3.8) is 0 Å². The summed E-state index contributed by atoms with van der Waals surface area (Å²) < 4.78 is 13.2. The van der Waals surface area contributed by atoms with E-state index in [9.17, 15) is 18.8 Å². The van der Waals surface area contributed by atoms with Crippen molar-refractivity contribution in [2.45, 2.75) is 0 Å². The van der Waals surface area contributed by atoms with E-state index >= 15 is 0 Å². The van der Waals surface area contributed by atoms with E-state index in [-0.39, 0.29) is 10.7 Å². The second-order valence-corrected chi connectivity index (χ2v) is 5.90. The molecule has 0 spiro atoms. The van der Waals surface area contributed by atoms with Gasteiger partial charge in [-0.1, -0.05) is 24.3 Å². The van der Waals surface area contributed by atoms with Crippen LogP contribution in [-0.2, 0) is 9.59 Å². The lowest BCUT2D eigenvalue weighted by Crippen LogP contribution is -2.58. The molecule has 3 amide bonds. The number of para-hydroxylation sites is 1. The zero-order chi connectivity index (χ0) is 19.4. The van der Waals surface area contributed by atoms with Crippen LogP contribution in [0.15, 0.2) is 59.7 Å². The smallest absolute Gasteiger partial charge is 0.271 e. The van der Waals surface area contributed by atoms with Gasteiger partial charge in [0, 0.05) is 11.8 Å². The Morgan fingerprint density at radius 2 is 1.93 bits per heavy atom. The number of carbonyl (C=O) groups is 3. The summed E-state index contributed by atoms with van der Waals surface area (Å²) in [5, 5.41) is 6.05. The average molecular weight is 384 g/mol. The molecule has 7 nitrogen and oxygen atoms in total. The van der Waals surface area contributed by atoms with Gasteiger partial charge in [0.25, 0.3) is 11.8 Å². The summed E-state index contributed by atoms with van der Waals surface area (Å²) in [6.07, 6.45) is 1.01. The van der Waals surface area contributed by atoms with Crippen molar-refractivity contribution in [3.8, 4) is 0 Å². The van der Waals surface area contributed by atoms with E-state index in [2.05, 4.69) is 15.8 Å². The van der Waals surface area contributed by atoms with Crippen molar-refractivity contribution in [1.82, 2.24) is 10.7 Å². The zero-order valence-electron chi connectivity index (χ0n) is 13.8. The van der Waals surface area contributed by atoms with E-state index in [0.29, 0.717) is 5.69 Å². The minimum absolute atomic E-state index is 0.0374. The number of carbonyl (C=O) groups excluding carboxylic acids is 3. The Morgan fingerprint density at radius 3 is 2.63 bits per heavy atom. The summed E-state index contributed by atoms with van der Waals surface area (Å²) in [4.78, 5) is 37.9. The van der Waals surface area contributed by atoms with Gasteiger partial charge in [0.1, 0.15) is 5.82 Å². The molecule has 9 heteroatoms. The highest BCUT2D eigenvalue weighted by Gasteiger charge is 2.38. The maximum atomic E-state index is 13.2. The lowest BCUT2D eigenvalue weighted by atomic mass is 10.1. The third kappa shape index (κ3) is 4.04. The number of hydrogen-bond acceptors (Lipinski definition) is 5. The maximum absolute atomic E-state index is 13.2. The molecule has 2 aromatic rings. The van der Waals surface area contributed by atoms with Gasteiger partial charge in [-0.05, 0) is 42.5 Å². The van der Waals surface area contributed by atoms with E-state index in [1.807, 2.05) is 0 Å². The molecule has 0 aromatic heterocycles. The van der Waals surface area contributed by atoms with Gasteiger partial charge >= 0.3 is 0 Å². The van der Waals surface area contributed by atoms with Crippen LogP contribution in [0.5, 0.6) is 0 Å². The van der Waals surface area contributed by atoms with Gasteiger partial charge in [0.05, 0.1) is 5.69 Å². The van der Waals surface area contributed by atoms with Gasteiger partial charge < -0.3 is 5.32 Å². The third-order valence-electron chi connectivity index (χ3n) is 3.69. The highest BCUT2D eigenvalue weighted by atomic mass is 32.1. The summed E-state index contributed by atoms with van der Waals surface area (Å²) in [5.41, 5.74) is 2.71. The number of amides is 3. The Balaban J connectivity index is 1.74. The predicted octanol–water partition coefficient (Wildman–Crippen LogP) is 1.61. The van der Waals surface area contributed by atoms with Gasteiger partial charge in [-0.15, -0.1) is 0 Å². The molecule has 1 atom stereocenters. The van der Waals surface area contributed by atoms with E-state index in [4.69, 9.17) is 12.2 Å². The molecule has 2 N–H and O–H groups in total. The Morgan fingerprint density at radius 1 is 1.19 bits per heavy atom. The molecule has 0 unspecified atom stereocenters. The summed E-state index contributed by atoms with van der Waals surface area (Å²) >= 11 is 5.07. The number of thiocarbonyl (C=S) groups is 1. The monoisotopic (exact) mass is 384 g/mol. The van der Waals surface area contributed by atoms with Crippen LogP contribution in [-0.4, -0.2) is 29.0 Å². The fourth-order valence-electron chi connectivity index (χ4n) is 2.41. The third-order valence-corrected chi connectivity index (χ3v) is 3.98. The second kappa shape index (κ2) is 7.83. The first-order valence-corrected chi connectivity index (χ1v) is 8.21. The van der Waals surface area contributed by atoms with Gasteiger partial charge in [-0.2, -0.15) is 5.10 Å². The van der Waals surface area contributed by atoms with Crippen LogP contribution in [0.2, 0.25) is 0 Å². The molecular weight excluding hydrogens is 371 g/mol. The molecule has 3 rings (SSSR count). The molecule has 2 aromatic carbocycles. The van der Waals surface area contributed by atoms with Crippen LogP contribution < -0.4 is 15.6 Å². The minimum Gasteiger partial charge on any atom is -0.301 e. The molecular formula is C18H13FN4O3S. The average Bonchev–Trinajstić information content (AvgIpc) is 2.65. The SMILES string of the molecule is O=C(N/N=C\[C@H]1C(=O)NC(=S)N(c2ccccc2)C1=O)c1cccc(F)c1. The normalized spacial score (nSPS) is 17.1. The second-order valence-electron chi connectivity index (χ2n) is 5.51. The van der Waals surface area contributed by atoms with Crippen LogP contribution in [0, 0.1) is 11.7 Å². The number of hydrazone groups is 1. The first kappa shape index (κ1) is 18.3. The van der Waals surface area contributed by atoms with E-state index in [1.54, 1.807) is 30.3 Å². The molecule has 1 heterocycles. The lowest BCUT2D eigenvalue weighted by Gasteiger charge is -2.30. The predicted molar refractivity (Wildman–Crippen MR) is 101 cm³/mol. The van der Waals surface area contributed by atoms with Gasteiger partial charge in [0.15, 0.2) is 11.0 Å². The minimum atomic E-state index is -1.27. The summed E-state index contributed by atoms with van der Waals surface area (Å²) in [5.74, 6) is -3.77. The zero-order valence-corrected chi connectivity index (χ0v) is 14.6. The van der Waals surface area contributed by atoms with Crippen molar-refractivity contribution >= 4 is 47.0 Å². The highest BCUT2D eigenvalue weighted by molar-refractivity contribution is 7.80. The Bertz CT molecular complexity index is 949. The largest absolute Gasteiger partial charge is 0.301 e. The molecule has 0 aliphatic carbocycles. The molecule has 27 heavy (non-hydrogen) atoms. The Hall–Kier alpha value is -3.46. The summed E-state index contributed by atoms with van der Waals surface area (Å²) in [7, 11) is 0. The quantitative estimate of drug-likeness (QED) is 0.363. The first-order valence-electron chi connectivity index (χ1n) is 7.80. The van der Waals surface area contributed by atoms with E-state index in [1.165, 1.54) is 23.1 Å². The molecule has 0 bridgehead atoms. The van der Waals surface area contributed by atoms with Crippen molar-refractivity contribution in [3.05, 3.63) is 66.0 Å². The fraction of sp³-hybridized carbons (Fsp3) is 0.0556. The van der Waals surface area contributed by atoms with Crippen molar-refractivity contribution in [2.75, 3.05) is 4.90 Å². The van der Waals surface area contributed by atoms with E-state index in [0.717, 1.165) is 12.3 Å². The first-order chi connectivity index (χ1) is 13.0. The summed E-state index contributed by atoms with van der Waals surface area (Å²) in [6, 6.07) is 13.6. The van der Waals surface area contributed by atoms with Crippen LogP contribution in [0.25, 0.3) is 0 Å². The van der Waals surface area contributed by atoms with E-state index < -0.39 is 29.5 Å². The molecule has 0 saturated carbocycles. The molecule has 0 radical (unpaired) electrons. The molecule has 1 aliphatic rings. The van der Waals surface area contributed by atoms with Gasteiger partial charge in [-0.3, -0.25) is 19.3 Å². The van der Waals surface area contributed by atoms with Crippen LogP contribution in [0.1, 0.15) is 10.4 Å². The number of halogens is 1. The summed E-state index contributed by atoms with van der Waals surface area (Å²) in [6.45, 7) is 0. The number of nitrogens with one attached hydrogen (secondary N) is 2. The van der Waals surface area contributed by atoms with Gasteiger partial charge in [0.2, 0.25) is 5.91 Å². The molecule has 1 aliphatic heterocycles. The van der Waals surface area contributed by atoms with Crippen LogP contribution in [0.3, 0.4) is 0 Å². The van der Waals surface area contributed by atoms with Crippen LogP contribution >= 0.6 is 12.2 Å². The number of hydrogen-bond donors (Lipinski definition) is 2. The maximum Gasteiger partial charge on any atom is 0.271 e. The number of anilines is 1. The fourth-order valence-corrected chi connectivity index (χ4v) is 2.70. The Labute approximate surface area is 158 Å². The van der Waals surface area contributed by atoms with Crippen molar-refractivity contribution in [2.24, 2.45) is 11.0 Å². The Kier molecular flexibility index (Phi) is 5.32. The number of benzene rings is 2. The van der Waals surface area contributed by atoms with Crippen molar-refractivity contribution in [1.29, 1.82) is 0 Å². The highest BCUT2D eigenvalue weighted by Crippen LogP contribution is 2.19. The lowest BCUT2D eigenvalue weighted by molar-refractivity contribution is -0.130. The van der Waals surface area contributed by atoms with Crippen molar-refractivity contribution < 1.29 is 18.8 Å².